The van der Waals surface area contributed by atoms with E-state index in [0.29, 0.717) is 11.1 Å². The van der Waals surface area contributed by atoms with Crippen LogP contribution in [0.3, 0.4) is 0 Å². The molecular weight excluding hydrogens is 681 g/mol. The van der Waals surface area contributed by atoms with E-state index in [4.69, 9.17) is 0 Å². The highest BCUT2D eigenvalue weighted by atomic mass is 14.6. The summed E-state index contributed by atoms with van der Waals surface area (Å²) in [7, 11) is 0. The summed E-state index contributed by atoms with van der Waals surface area (Å²) in [6.07, 6.45) is 6.79. The molecule has 0 spiro atoms. The topological polar surface area (TPSA) is 73.4 Å². The minimum absolute atomic E-state index is 0.543. The average molecular weight is 711 g/mol. The van der Waals surface area contributed by atoms with Gasteiger partial charge in [0.05, 0.1) is 11.1 Å². The standard InChI is InChI=1S/C52H30N4/c53-27-33-25-39(31-55-29-33)35-17-21-37(22-18-35)49-41-9-1-5-13-45(41)51(46-14-6-2-10-42(46)49)52-47-15-7-3-11-43(47)50(44-12-4-8-16-48(44)52)38-23-19-36(20-24-38)40-26-34(28-54)30-56-32-40/h1-26,29-32H. The molecule has 0 bridgehead atoms. The number of hydrogen-bond acceptors (Lipinski definition) is 4. The van der Waals surface area contributed by atoms with Crippen LogP contribution in [0.15, 0.2) is 183 Å². The van der Waals surface area contributed by atoms with Gasteiger partial charge in [0.1, 0.15) is 12.1 Å². The monoisotopic (exact) mass is 710 g/mol. The molecule has 10 aromatic rings. The Bertz CT molecular complexity index is 2920. The number of benzene rings is 8. The van der Waals surface area contributed by atoms with Crippen molar-refractivity contribution in [2.75, 3.05) is 0 Å². The summed E-state index contributed by atoms with van der Waals surface area (Å²) in [5.74, 6) is 0. The molecule has 56 heavy (non-hydrogen) atoms. The van der Waals surface area contributed by atoms with Gasteiger partial charge in [0, 0.05) is 35.9 Å². The van der Waals surface area contributed by atoms with Gasteiger partial charge >= 0.3 is 0 Å². The molecule has 0 amide bonds. The van der Waals surface area contributed by atoms with E-state index in [1.807, 2.05) is 12.1 Å². The quantitative estimate of drug-likeness (QED) is 0.167. The minimum atomic E-state index is 0.543. The van der Waals surface area contributed by atoms with Crippen molar-refractivity contribution >= 4 is 43.1 Å². The van der Waals surface area contributed by atoms with Gasteiger partial charge < -0.3 is 0 Å². The van der Waals surface area contributed by atoms with Gasteiger partial charge in [-0.3, -0.25) is 9.97 Å². The molecule has 8 aromatic carbocycles. The van der Waals surface area contributed by atoms with Crippen molar-refractivity contribution in [3.05, 3.63) is 194 Å². The molecule has 0 N–H and O–H groups in total. The molecule has 0 saturated carbocycles. The Hall–Kier alpha value is -7.92. The van der Waals surface area contributed by atoms with Crippen LogP contribution in [0.1, 0.15) is 11.1 Å². The third-order valence-corrected chi connectivity index (χ3v) is 10.9. The van der Waals surface area contributed by atoms with Crippen LogP contribution in [0.5, 0.6) is 0 Å². The van der Waals surface area contributed by atoms with Crippen LogP contribution in [0, 0.1) is 22.7 Å². The first-order chi connectivity index (χ1) is 27.7. The maximum absolute atomic E-state index is 9.45. The molecule has 0 aliphatic rings. The molecule has 0 aliphatic carbocycles. The highest BCUT2D eigenvalue weighted by Crippen LogP contribution is 2.50. The van der Waals surface area contributed by atoms with Crippen molar-refractivity contribution in [2.45, 2.75) is 0 Å². The van der Waals surface area contributed by atoms with Gasteiger partial charge in [-0.25, -0.2) is 0 Å². The molecule has 0 atom stereocenters. The van der Waals surface area contributed by atoms with Gasteiger partial charge in [-0.1, -0.05) is 146 Å². The third-order valence-electron chi connectivity index (χ3n) is 10.9. The van der Waals surface area contributed by atoms with Crippen LogP contribution in [0.4, 0.5) is 0 Å². The predicted molar refractivity (Wildman–Crippen MR) is 229 cm³/mol. The average Bonchev–Trinajstić information content (AvgIpc) is 3.28. The van der Waals surface area contributed by atoms with Crippen LogP contribution in [-0.2, 0) is 0 Å². The van der Waals surface area contributed by atoms with E-state index in [-0.39, 0.29) is 0 Å². The zero-order valence-electron chi connectivity index (χ0n) is 30.1. The Morgan fingerprint density at radius 2 is 0.554 bits per heavy atom. The summed E-state index contributed by atoms with van der Waals surface area (Å²) in [6, 6.07) is 60.5. The molecule has 2 heterocycles. The largest absolute Gasteiger partial charge is 0.263 e. The Morgan fingerprint density at radius 3 is 0.839 bits per heavy atom. The Balaban J connectivity index is 1.21. The van der Waals surface area contributed by atoms with Crippen molar-refractivity contribution < 1.29 is 0 Å². The van der Waals surface area contributed by atoms with E-state index in [1.54, 1.807) is 24.8 Å². The number of nitriles is 2. The lowest BCUT2D eigenvalue weighted by molar-refractivity contribution is 1.30. The van der Waals surface area contributed by atoms with Gasteiger partial charge in [0.15, 0.2) is 0 Å². The van der Waals surface area contributed by atoms with E-state index in [1.165, 1.54) is 65.3 Å². The van der Waals surface area contributed by atoms with Crippen LogP contribution < -0.4 is 0 Å². The SMILES string of the molecule is N#Cc1cncc(-c2ccc(-c3c4ccccc4c(-c4c5ccccc5c(-c5ccc(-c6cncc(C#N)c6)cc5)c5ccccc45)c4ccccc34)cc2)c1. The first kappa shape index (κ1) is 32.7. The van der Waals surface area contributed by atoms with Gasteiger partial charge in [-0.2, -0.15) is 10.5 Å². The summed E-state index contributed by atoms with van der Waals surface area (Å²) < 4.78 is 0. The molecule has 0 aliphatic heterocycles. The second kappa shape index (κ2) is 13.5. The summed E-state index contributed by atoms with van der Waals surface area (Å²) >= 11 is 0. The van der Waals surface area contributed by atoms with E-state index in [2.05, 4.69) is 168 Å². The molecule has 4 heteroatoms. The minimum Gasteiger partial charge on any atom is -0.263 e. The second-order valence-electron chi connectivity index (χ2n) is 14.0. The van der Waals surface area contributed by atoms with E-state index in [0.717, 1.165) is 33.4 Å². The molecule has 0 fully saturated rings. The lowest BCUT2D eigenvalue weighted by Crippen LogP contribution is -1.94. The molecule has 0 saturated heterocycles. The van der Waals surface area contributed by atoms with Crippen LogP contribution in [-0.4, -0.2) is 9.97 Å². The van der Waals surface area contributed by atoms with E-state index < -0.39 is 0 Å². The van der Waals surface area contributed by atoms with Gasteiger partial charge in [0.2, 0.25) is 0 Å². The Kier molecular flexibility index (Phi) is 7.88. The molecule has 4 nitrogen and oxygen atoms in total. The summed E-state index contributed by atoms with van der Waals surface area (Å²) in [6.45, 7) is 0. The number of hydrogen-bond donors (Lipinski definition) is 0. The Labute approximate surface area is 323 Å². The number of nitrogens with zero attached hydrogens (tertiary/aromatic N) is 4. The summed E-state index contributed by atoms with van der Waals surface area (Å²) in [4.78, 5) is 8.57. The highest BCUT2D eigenvalue weighted by molar-refractivity contribution is 6.30. The number of pyridine rings is 2. The van der Waals surface area contributed by atoms with Crippen LogP contribution in [0.2, 0.25) is 0 Å². The first-order valence-corrected chi connectivity index (χ1v) is 18.5. The van der Waals surface area contributed by atoms with Crippen molar-refractivity contribution in [1.29, 1.82) is 10.5 Å². The highest BCUT2D eigenvalue weighted by Gasteiger charge is 2.22. The van der Waals surface area contributed by atoms with Crippen molar-refractivity contribution in [1.82, 2.24) is 9.97 Å². The van der Waals surface area contributed by atoms with Crippen molar-refractivity contribution in [3.63, 3.8) is 0 Å². The number of aromatic nitrogens is 2. The fraction of sp³-hybridized carbons (Fsp3) is 0. The van der Waals surface area contributed by atoms with Gasteiger partial charge in [0.25, 0.3) is 0 Å². The first-order valence-electron chi connectivity index (χ1n) is 18.5. The van der Waals surface area contributed by atoms with Crippen LogP contribution >= 0.6 is 0 Å². The van der Waals surface area contributed by atoms with Crippen molar-refractivity contribution in [2.24, 2.45) is 0 Å². The maximum atomic E-state index is 9.45. The smallest absolute Gasteiger partial charge is 0.101 e. The van der Waals surface area contributed by atoms with E-state index in [9.17, 15) is 10.5 Å². The second-order valence-corrected chi connectivity index (χ2v) is 14.0. The molecule has 0 radical (unpaired) electrons. The molecular formula is C52H30N4. The van der Waals surface area contributed by atoms with Gasteiger partial charge in [-0.15, -0.1) is 0 Å². The zero-order chi connectivity index (χ0) is 37.6. The van der Waals surface area contributed by atoms with Crippen molar-refractivity contribution in [3.8, 4) is 67.8 Å². The summed E-state index contributed by atoms with van der Waals surface area (Å²) in [5, 5.41) is 28.4. The number of fused-ring (bicyclic) bond motifs is 4. The molecule has 2 aromatic heterocycles. The van der Waals surface area contributed by atoms with Crippen LogP contribution in [0.25, 0.3) is 98.7 Å². The molecule has 258 valence electrons. The maximum Gasteiger partial charge on any atom is 0.101 e. The molecule has 0 unspecified atom stereocenters. The normalized spacial score (nSPS) is 11.2. The summed E-state index contributed by atoms with van der Waals surface area (Å²) in [5.41, 5.74) is 12.0. The van der Waals surface area contributed by atoms with E-state index >= 15 is 0 Å². The fourth-order valence-corrected chi connectivity index (χ4v) is 8.39. The third kappa shape index (κ3) is 5.37. The predicted octanol–water partition coefficient (Wildman–Crippen LogP) is 13.2. The lowest BCUT2D eigenvalue weighted by atomic mass is 9.81. The molecule has 10 rings (SSSR count). The van der Waals surface area contributed by atoms with Gasteiger partial charge in [-0.05, 0) is 99.7 Å². The number of rotatable bonds is 5. The fourth-order valence-electron chi connectivity index (χ4n) is 8.39. The Morgan fingerprint density at radius 1 is 0.286 bits per heavy atom. The lowest BCUT2D eigenvalue weighted by Gasteiger charge is -2.22. The zero-order valence-corrected chi connectivity index (χ0v) is 30.1.